The molecular weight excluding hydrogens is 272 g/mol. The van der Waals surface area contributed by atoms with Crippen LogP contribution in [0.25, 0.3) is 5.57 Å². The largest absolute Gasteiger partial charge is 0.416 e. The van der Waals surface area contributed by atoms with E-state index in [-0.39, 0.29) is 6.08 Å². The van der Waals surface area contributed by atoms with Gasteiger partial charge in [-0.15, -0.1) is 0 Å². The van der Waals surface area contributed by atoms with Crippen molar-refractivity contribution < 1.29 is 35.1 Å². The maximum atomic E-state index is 13.1. The minimum Gasteiger partial charge on any atom is -0.203 e. The van der Waals surface area contributed by atoms with E-state index in [1.807, 2.05) is 0 Å². The molecule has 0 radical (unpaired) electrons. The first-order valence-corrected chi connectivity index (χ1v) is 4.38. The van der Waals surface area contributed by atoms with E-state index in [9.17, 15) is 35.1 Å². The number of alkyl halides is 3. The van der Waals surface area contributed by atoms with E-state index in [1.165, 1.54) is 0 Å². The van der Waals surface area contributed by atoms with Crippen LogP contribution < -0.4 is 0 Å². The minimum absolute atomic E-state index is 0.221. The Kier molecular flexibility index (Phi) is 3.68. The molecule has 0 aliphatic carbocycles. The highest BCUT2D eigenvalue weighted by atomic mass is 19.4. The highest BCUT2D eigenvalue weighted by Crippen LogP contribution is 2.38. The minimum atomic E-state index is -5.24. The van der Waals surface area contributed by atoms with E-state index in [2.05, 4.69) is 0 Å². The van der Waals surface area contributed by atoms with Gasteiger partial charge in [0, 0.05) is 0 Å². The Balaban J connectivity index is 3.71. The summed E-state index contributed by atoms with van der Waals surface area (Å²) in [7, 11) is 0. The van der Waals surface area contributed by atoms with Gasteiger partial charge in [0.25, 0.3) is 0 Å². The number of allylic oxidation sites excluding steroid dienone is 2. The fourth-order valence-corrected chi connectivity index (χ4v) is 1.29. The molecule has 0 bridgehead atoms. The van der Waals surface area contributed by atoms with Gasteiger partial charge in [0.1, 0.15) is 0 Å². The zero-order valence-corrected chi connectivity index (χ0v) is 8.60. The van der Waals surface area contributed by atoms with Gasteiger partial charge >= 0.3 is 6.18 Å². The van der Waals surface area contributed by atoms with Crippen molar-refractivity contribution in [2.75, 3.05) is 0 Å². The van der Waals surface area contributed by atoms with Crippen LogP contribution in [0.1, 0.15) is 12.5 Å². The average Bonchev–Trinajstić information content (AvgIpc) is 2.27. The fraction of sp³-hybridized carbons (Fsp3) is 0.200. The molecule has 0 fully saturated rings. The predicted molar refractivity (Wildman–Crippen MR) is 45.9 cm³/mol. The molecule has 0 unspecified atom stereocenters. The number of benzene rings is 1. The molecule has 0 aliphatic rings. The summed E-state index contributed by atoms with van der Waals surface area (Å²) in [5, 5.41) is 0. The Labute approximate surface area is 95.5 Å². The number of hydrogen-bond donors (Lipinski definition) is 0. The van der Waals surface area contributed by atoms with Gasteiger partial charge < -0.3 is 0 Å². The van der Waals surface area contributed by atoms with Crippen LogP contribution >= 0.6 is 0 Å². The van der Waals surface area contributed by atoms with Gasteiger partial charge in [-0.3, -0.25) is 0 Å². The van der Waals surface area contributed by atoms with Crippen molar-refractivity contribution in [3.8, 4) is 0 Å². The fourth-order valence-electron chi connectivity index (χ4n) is 1.29. The summed E-state index contributed by atoms with van der Waals surface area (Å²) < 4.78 is 101. The van der Waals surface area contributed by atoms with Crippen LogP contribution in [0.15, 0.2) is 6.08 Å². The second-order valence-corrected chi connectivity index (χ2v) is 3.15. The molecule has 0 aliphatic heterocycles. The average molecular weight is 276 g/mol. The molecule has 0 saturated carbocycles. The monoisotopic (exact) mass is 276 g/mol. The lowest BCUT2D eigenvalue weighted by Crippen LogP contribution is -2.16. The molecule has 1 aromatic rings. The second kappa shape index (κ2) is 4.58. The third-order valence-electron chi connectivity index (χ3n) is 2.07. The zero-order chi connectivity index (χ0) is 14.2. The predicted octanol–water partition coefficient (Wildman–Crippen LogP) is 4.35. The van der Waals surface area contributed by atoms with Gasteiger partial charge in [-0.05, 0) is 6.92 Å². The van der Waals surface area contributed by atoms with Gasteiger partial charge in [-0.25, -0.2) is 22.0 Å². The molecule has 0 heterocycles. The van der Waals surface area contributed by atoms with Gasteiger partial charge in [0.05, 0.1) is 11.1 Å². The molecule has 18 heavy (non-hydrogen) atoms. The normalized spacial score (nSPS) is 13.1. The summed E-state index contributed by atoms with van der Waals surface area (Å²) in [5.41, 5.74) is -3.92. The third kappa shape index (κ3) is 2.19. The van der Waals surface area contributed by atoms with Crippen LogP contribution in [0, 0.1) is 29.1 Å². The lowest BCUT2D eigenvalue weighted by Gasteiger charge is -2.14. The highest BCUT2D eigenvalue weighted by Gasteiger charge is 2.40. The molecule has 0 atom stereocenters. The van der Waals surface area contributed by atoms with E-state index in [0.717, 1.165) is 6.92 Å². The van der Waals surface area contributed by atoms with Crippen molar-refractivity contribution in [3.05, 3.63) is 40.7 Å². The Hall–Kier alpha value is -1.60. The van der Waals surface area contributed by atoms with Crippen molar-refractivity contribution in [2.24, 2.45) is 0 Å². The SMILES string of the molecule is C/C=C(/c1c(F)c(F)c(F)c(F)c1F)C(F)(F)F. The molecule has 8 heteroatoms. The number of rotatable bonds is 1. The molecule has 0 amide bonds. The molecule has 0 aromatic heterocycles. The van der Waals surface area contributed by atoms with E-state index < -0.39 is 46.4 Å². The summed E-state index contributed by atoms with van der Waals surface area (Å²) >= 11 is 0. The molecular formula is C10H4F8. The number of halogens is 8. The molecule has 100 valence electrons. The van der Waals surface area contributed by atoms with Crippen molar-refractivity contribution in [3.63, 3.8) is 0 Å². The summed E-state index contributed by atoms with van der Waals surface area (Å²) in [5.74, 6) is -12.4. The highest BCUT2D eigenvalue weighted by molar-refractivity contribution is 5.70. The molecule has 0 saturated heterocycles. The van der Waals surface area contributed by atoms with E-state index in [4.69, 9.17) is 0 Å². The summed E-state index contributed by atoms with van der Waals surface area (Å²) in [6, 6.07) is 0. The number of hydrogen-bond acceptors (Lipinski definition) is 0. The Morgan fingerprint density at radius 1 is 0.778 bits per heavy atom. The summed E-state index contributed by atoms with van der Waals surface area (Å²) in [4.78, 5) is 0. The van der Waals surface area contributed by atoms with E-state index in [1.54, 1.807) is 0 Å². The Morgan fingerprint density at radius 2 is 1.11 bits per heavy atom. The molecule has 0 N–H and O–H groups in total. The molecule has 1 rings (SSSR count). The van der Waals surface area contributed by atoms with Gasteiger partial charge in [-0.2, -0.15) is 13.2 Å². The maximum absolute atomic E-state index is 13.1. The zero-order valence-electron chi connectivity index (χ0n) is 8.60. The lowest BCUT2D eigenvalue weighted by atomic mass is 10.0. The van der Waals surface area contributed by atoms with Gasteiger partial charge in [0.2, 0.25) is 5.82 Å². The van der Waals surface area contributed by atoms with Crippen molar-refractivity contribution in [1.82, 2.24) is 0 Å². The van der Waals surface area contributed by atoms with Gasteiger partial charge in [-0.1, -0.05) is 6.08 Å². The van der Waals surface area contributed by atoms with Crippen LogP contribution in [0.5, 0.6) is 0 Å². The maximum Gasteiger partial charge on any atom is 0.416 e. The molecule has 0 spiro atoms. The van der Waals surface area contributed by atoms with Crippen molar-refractivity contribution in [2.45, 2.75) is 13.1 Å². The topological polar surface area (TPSA) is 0 Å². The first-order chi connectivity index (χ1) is 8.12. The molecule has 0 nitrogen and oxygen atoms in total. The Bertz CT molecular complexity index is 483. The van der Waals surface area contributed by atoms with E-state index >= 15 is 0 Å². The first-order valence-electron chi connectivity index (χ1n) is 4.38. The standard InChI is InChI=1S/C10H4F8/c1-2-3(10(16,17)18)4-5(11)7(13)9(15)8(14)6(4)12/h2H,1H3/b3-2-. The molecule has 1 aromatic carbocycles. The van der Waals surface area contributed by atoms with Gasteiger partial charge in [0.15, 0.2) is 23.3 Å². The first kappa shape index (κ1) is 14.5. The Morgan fingerprint density at radius 3 is 1.39 bits per heavy atom. The smallest absolute Gasteiger partial charge is 0.203 e. The second-order valence-electron chi connectivity index (χ2n) is 3.15. The van der Waals surface area contributed by atoms with Crippen molar-refractivity contribution >= 4 is 5.57 Å². The summed E-state index contributed by atoms with van der Waals surface area (Å²) in [6.45, 7) is 0.765. The lowest BCUT2D eigenvalue weighted by molar-refractivity contribution is -0.0694. The van der Waals surface area contributed by atoms with Crippen LogP contribution in [-0.2, 0) is 0 Å². The van der Waals surface area contributed by atoms with Crippen LogP contribution in [0.3, 0.4) is 0 Å². The quantitative estimate of drug-likeness (QED) is 0.406. The van der Waals surface area contributed by atoms with E-state index in [0.29, 0.717) is 0 Å². The third-order valence-corrected chi connectivity index (χ3v) is 2.07. The van der Waals surface area contributed by atoms with Crippen LogP contribution in [0.2, 0.25) is 0 Å². The van der Waals surface area contributed by atoms with Crippen LogP contribution in [0.4, 0.5) is 35.1 Å². The van der Waals surface area contributed by atoms with Crippen LogP contribution in [-0.4, -0.2) is 6.18 Å². The van der Waals surface area contributed by atoms with Crippen molar-refractivity contribution in [1.29, 1.82) is 0 Å². The summed E-state index contributed by atoms with van der Waals surface area (Å²) in [6.07, 6.45) is -5.02.